The molecule has 1 aromatic heterocycles. The van der Waals surface area contributed by atoms with E-state index >= 15 is 0 Å². The lowest BCUT2D eigenvalue weighted by Gasteiger charge is -2.40. The number of anilines is 1. The van der Waals surface area contributed by atoms with Gasteiger partial charge in [-0.15, -0.1) is 12.4 Å². The molecule has 26 heavy (non-hydrogen) atoms. The van der Waals surface area contributed by atoms with Crippen molar-refractivity contribution in [3.05, 3.63) is 23.9 Å². The Hall–Kier alpha value is -1.54. The highest BCUT2D eigenvalue weighted by Gasteiger charge is 2.38. The zero-order valence-corrected chi connectivity index (χ0v) is 15.4. The van der Waals surface area contributed by atoms with Gasteiger partial charge in [-0.05, 0) is 31.9 Å². The lowest BCUT2D eigenvalue weighted by Crippen LogP contribution is -2.55. The predicted octanol–water partition coefficient (Wildman–Crippen LogP) is 2.56. The minimum absolute atomic E-state index is 0. The molecule has 0 saturated carbocycles. The number of pyridine rings is 1. The molecule has 5 nitrogen and oxygen atoms in total. The van der Waals surface area contributed by atoms with Crippen LogP contribution in [0.25, 0.3) is 0 Å². The number of nitrogens with one attached hydrogen (secondary N) is 1. The van der Waals surface area contributed by atoms with Crippen molar-refractivity contribution in [2.75, 3.05) is 37.6 Å². The molecular formula is C17H24ClF3N4O. The fraction of sp³-hybridized carbons (Fsp3) is 0.647. The summed E-state index contributed by atoms with van der Waals surface area (Å²) in [6.45, 7) is 4.92. The van der Waals surface area contributed by atoms with Gasteiger partial charge in [0.05, 0.1) is 11.5 Å². The highest BCUT2D eigenvalue weighted by atomic mass is 35.5. The Labute approximate surface area is 157 Å². The van der Waals surface area contributed by atoms with Crippen molar-refractivity contribution < 1.29 is 18.0 Å². The number of nitrogens with zero attached hydrogens (tertiary/aromatic N) is 3. The number of hydrogen-bond acceptors (Lipinski definition) is 4. The summed E-state index contributed by atoms with van der Waals surface area (Å²) >= 11 is 0. The molecule has 0 spiro atoms. The highest BCUT2D eigenvalue weighted by molar-refractivity contribution is 5.85. The Morgan fingerprint density at radius 2 is 2.12 bits per heavy atom. The fourth-order valence-electron chi connectivity index (χ4n) is 3.64. The maximum atomic E-state index is 13.3. The second kappa shape index (κ2) is 8.43. The second-order valence-corrected chi connectivity index (χ2v) is 6.74. The molecule has 1 aromatic rings. The molecule has 2 aliphatic rings. The van der Waals surface area contributed by atoms with Crippen LogP contribution in [0.1, 0.15) is 25.3 Å². The van der Waals surface area contributed by atoms with E-state index < -0.39 is 11.7 Å². The molecule has 2 atom stereocenters. The molecule has 0 aromatic carbocycles. The van der Waals surface area contributed by atoms with Crippen LogP contribution >= 0.6 is 12.4 Å². The summed E-state index contributed by atoms with van der Waals surface area (Å²) in [5.74, 6) is -0.304. The van der Waals surface area contributed by atoms with Gasteiger partial charge in [0.25, 0.3) is 0 Å². The predicted molar refractivity (Wildman–Crippen MR) is 95.5 cm³/mol. The number of aromatic nitrogens is 1. The summed E-state index contributed by atoms with van der Waals surface area (Å²) in [5, 5.41) is 3.24. The van der Waals surface area contributed by atoms with Crippen LogP contribution in [0.5, 0.6) is 0 Å². The van der Waals surface area contributed by atoms with E-state index in [1.165, 1.54) is 12.3 Å². The molecular weight excluding hydrogens is 369 g/mol. The first-order valence-corrected chi connectivity index (χ1v) is 8.66. The molecule has 0 aliphatic carbocycles. The third-order valence-electron chi connectivity index (χ3n) is 4.95. The van der Waals surface area contributed by atoms with Crippen molar-refractivity contribution in [1.29, 1.82) is 0 Å². The van der Waals surface area contributed by atoms with Crippen LogP contribution < -0.4 is 10.2 Å². The van der Waals surface area contributed by atoms with Crippen molar-refractivity contribution in [2.45, 2.75) is 32.0 Å². The Morgan fingerprint density at radius 3 is 2.81 bits per heavy atom. The Kier molecular flexibility index (Phi) is 6.74. The number of alkyl halides is 3. The molecule has 1 unspecified atom stereocenters. The van der Waals surface area contributed by atoms with Gasteiger partial charge in [-0.2, -0.15) is 13.2 Å². The van der Waals surface area contributed by atoms with E-state index in [9.17, 15) is 18.0 Å². The van der Waals surface area contributed by atoms with E-state index in [0.29, 0.717) is 25.9 Å². The summed E-state index contributed by atoms with van der Waals surface area (Å²) in [4.78, 5) is 20.3. The first-order chi connectivity index (χ1) is 11.9. The number of carbonyl (C=O) groups is 1. The molecule has 2 saturated heterocycles. The van der Waals surface area contributed by atoms with Crippen LogP contribution in [0.2, 0.25) is 0 Å². The minimum atomic E-state index is -4.45. The minimum Gasteiger partial charge on any atom is -0.355 e. The molecule has 3 heterocycles. The molecule has 1 N–H and O–H groups in total. The normalized spacial score (nSPS) is 24.2. The van der Waals surface area contributed by atoms with Crippen molar-refractivity contribution in [2.24, 2.45) is 5.92 Å². The van der Waals surface area contributed by atoms with Crippen molar-refractivity contribution in [3.63, 3.8) is 0 Å². The summed E-state index contributed by atoms with van der Waals surface area (Å²) < 4.78 is 39.8. The molecule has 3 rings (SSSR count). The van der Waals surface area contributed by atoms with Gasteiger partial charge in [0, 0.05) is 45.0 Å². The van der Waals surface area contributed by atoms with Gasteiger partial charge in [-0.3, -0.25) is 4.79 Å². The van der Waals surface area contributed by atoms with E-state index in [1.54, 1.807) is 4.90 Å². The monoisotopic (exact) mass is 392 g/mol. The van der Waals surface area contributed by atoms with E-state index in [0.717, 1.165) is 19.2 Å². The lowest BCUT2D eigenvalue weighted by molar-refractivity contribution is -0.138. The largest absolute Gasteiger partial charge is 0.419 e. The second-order valence-electron chi connectivity index (χ2n) is 6.74. The quantitative estimate of drug-likeness (QED) is 0.840. The van der Waals surface area contributed by atoms with Gasteiger partial charge in [-0.1, -0.05) is 0 Å². The van der Waals surface area contributed by atoms with Crippen LogP contribution in [0.4, 0.5) is 19.0 Å². The molecule has 146 valence electrons. The average molecular weight is 393 g/mol. The molecule has 0 bridgehead atoms. The van der Waals surface area contributed by atoms with Crippen molar-refractivity contribution in [3.8, 4) is 0 Å². The maximum Gasteiger partial charge on any atom is 0.419 e. The van der Waals surface area contributed by atoms with Crippen LogP contribution in [0.3, 0.4) is 0 Å². The smallest absolute Gasteiger partial charge is 0.355 e. The fourth-order valence-corrected chi connectivity index (χ4v) is 3.64. The topological polar surface area (TPSA) is 48.5 Å². The van der Waals surface area contributed by atoms with E-state index in [2.05, 4.69) is 10.3 Å². The van der Waals surface area contributed by atoms with Gasteiger partial charge in [0.1, 0.15) is 5.82 Å². The molecule has 1 amide bonds. The number of amides is 1. The summed E-state index contributed by atoms with van der Waals surface area (Å²) in [5.41, 5.74) is -0.737. The Bertz CT molecular complexity index is 628. The standard InChI is InChI=1S/C17H23F3N4O.ClH/c1-12-10-21-7-9-24(12)16(25)13-4-3-8-23(11-13)15-14(17(18,19)20)5-2-6-22-15;/h2,5-6,12-13,21H,3-4,7-11H2,1H3;1H/t12-,13?;/m1./s1. The highest BCUT2D eigenvalue weighted by Crippen LogP contribution is 2.36. The molecule has 2 fully saturated rings. The molecule has 0 radical (unpaired) electrons. The number of piperazine rings is 1. The number of piperidine rings is 1. The van der Waals surface area contributed by atoms with Crippen molar-refractivity contribution in [1.82, 2.24) is 15.2 Å². The number of rotatable bonds is 2. The zero-order chi connectivity index (χ0) is 18.0. The van der Waals surface area contributed by atoms with Gasteiger partial charge >= 0.3 is 6.18 Å². The third kappa shape index (κ3) is 4.40. The Balaban J connectivity index is 0.00000243. The molecule has 9 heteroatoms. The van der Waals surface area contributed by atoms with Gasteiger partial charge in [0.2, 0.25) is 5.91 Å². The van der Waals surface area contributed by atoms with E-state index in [1.807, 2.05) is 11.8 Å². The van der Waals surface area contributed by atoms with Crippen molar-refractivity contribution >= 4 is 24.1 Å². The van der Waals surface area contributed by atoms with Gasteiger partial charge in [-0.25, -0.2) is 4.98 Å². The SMILES string of the molecule is C[C@@H]1CNCCN1C(=O)C1CCCN(c2ncccc2C(F)(F)F)C1.Cl. The first kappa shape index (κ1) is 20.8. The summed E-state index contributed by atoms with van der Waals surface area (Å²) in [6.07, 6.45) is -1.69. The average Bonchev–Trinajstić information content (AvgIpc) is 2.61. The van der Waals surface area contributed by atoms with Crippen LogP contribution in [-0.2, 0) is 11.0 Å². The summed E-state index contributed by atoms with van der Waals surface area (Å²) in [6, 6.07) is 2.45. The van der Waals surface area contributed by atoms with E-state index in [-0.39, 0.29) is 42.6 Å². The zero-order valence-electron chi connectivity index (χ0n) is 14.6. The van der Waals surface area contributed by atoms with E-state index in [4.69, 9.17) is 0 Å². The Morgan fingerprint density at radius 1 is 1.35 bits per heavy atom. The van der Waals surface area contributed by atoms with Gasteiger partial charge in [0.15, 0.2) is 0 Å². The lowest BCUT2D eigenvalue weighted by atomic mass is 9.95. The van der Waals surface area contributed by atoms with Crippen LogP contribution in [0, 0.1) is 5.92 Å². The molecule has 2 aliphatic heterocycles. The van der Waals surface area contributed by atoms with Crippen LogP contribution in [0.15, 0.2) is 18.3 Å². The maximum absolute atomic E-state index is 13.3. The number of hydrogen-bond donors (Lipinski definition) is 1. The summed E-state index contributed by atoms with van der Waals surface area (Å²) in [7, 11) is 0. The van der Waals surface area contributed by atoms with Crippen LogP contribution in [-0.4, -0.2) is 54.6 Å². The first-order valence-electron chi connectivity index (χ1n) is 8.66. The number of halogens is 4. The third-order valence-corrected chi connectivity index (χ3v) is 4.95. The number of carbonyl (C=O) groups excluding carboxylic acids is 1. The van der Waals surface area contributed by atoms with Gasteiger partial charge < -0.3 is 15.1 Å².